The number of rotatable bonds is 3. The fourth-order valence-electron chi connectivity index (χ4n) is 8.63. The summed E-state index contributed by atoms with van der Waals surface area (Å²) in [5, 5.41) is 9.21. The van der Waals surface area contributed by atoms with Crippen LogP contribution in [0.3, 0.4) is 0 Å². The lowest BCUT2D eigenvalue weighted by atomic mass is 10.0. The Morgan fingerprint density at radius 3 is 1.60 bits per heavy atom. The van der Waals surface area contributed by atoms with Gasteiger partial charge in [-0.15, -0.1) is 0 Å². The number of benzene rings is 8. The summed E-state index contributed by atoms with van der Waals surface area (Å²) in [6.45, 7) is 0. The van der Waals surface area contributed by atoms with E-state index in [-0.39, 0.29) is 0 Å². The van der Waals surface area contributed by atoms with Crippen molar-refractivity contribution in [1.82, 2.24) is 9.13 Å². The predicted molar refractivity (Wildman–Crippen MR) is 215 cm³/mol. The Hall–Kier alpha value is -7.04. The highest BCUT2D eigenvalue weighted by atomic mass is 16.3. The number of hydrogen-bond donors (Lipinski definition) is 0. The van der Waals surface area contributed by atoms with Crippen molar-refractivity contribution in [3.63, 3.8) is 0 Å². The molecule has 0 saturated heterocycles. The van der Waals surface area contributed by atoms with Crippen LogP contribution in [0.25, 0.3) is 110 Å². The van der Waals surface area contributed by atoms with Gasteiger partial charge in [-0.05, 0) is 90.0 Å². The molecule has 0 atom stereocenters. The zero-order valence-corrected chi connectivity index (χ0v) is 27.9. The zero-order valence-electron chi connectivity index (χ0n) is 27.9. The normalized spacial score (nSPS) is 12.2. The monoisotopic (exact) mass is 664 g/mol. The number of nitrogens with zero attached hydrogens (tertiary/aromatic N) is 2. The molecule has 0 aliphatic rings. The molecule has 0 saturated carbocycles. The highest BCUT2D eigenvalue weighted by Crippen LogP contribution is 2.42. The molecule has 4 heterocycles. The first-order valence-corrected chi connectivity index (χ1v) is 17.7. The molecule has 52 heavy (non-hydrogen) atoms. The minimum Gasteiger partial charge on any atom is -0.456 e. The predicted octanol–water partition coefficient (Wildman–Crippen LogP) is 13.3. The molecule has 12 rings (SSSR count). The van der Waals surface area contributed by atoms with Crippen LogP contribution >= 0.6 is 0 Å². The third-order valence-corrected chi connectivity index (χ3v) is 10.9. The van der Waals surface area contributed by atoms with Crippen LogP contribution in [0.1, 0.15) is 0 Å². The van der Waals surface area contributed by atoms with E-state index >= 15 is 0 Å². The lowest BCUT2D eigenvalue weighted by Gasteiger charge is -2.10. The van der Waals surface area contributed by atoms with Gasteiger partial charge in [-0.25, -0.2) is 0 Å². The van der Waals surface area contributed by atoms with E-state index < -0.39 is 0 Å². The van der Waals surface area contributed by atoms with Crippen LogP contribution < -0.4 is 0 Å². The van der Waals surface area contributed by atoms with Crippen molar-refractivity contribution in [2.24, 2.45) is 0 Å². The minimum atomic E-state index is 0.855. The van der Waals surface area contributed by atoms with Gasteiger partial charge in [0, 0.05) is 43.4 Å². The number of furan rings is 2. The number of para-hydroxylation sites is 4. The van der Waals surface area contributed by atoms with Gasteiger partial charge in [-0.1, -0.05) is 91.0 Å². The summed E-state index contributed by atoms with van der Waals surface area (Å²) >= 11 is 0. The molecule has 12 aromatic rings. The quantitative estimate of drug-likeness (QED) is 0.188. The van der Waals surface area contributed by atoms with Crippen molar-refractivity contribution >= 4 is 87.5 Å². The van der Waals surface area contributed by atoms with E-state index in [1.807, 2.05) is 12.1 Å². The first kappa shape index (κ1) is 27.7. The Kier molecular flexibility index (Phi) is 5.47. The molecule has 0 aliphatic carbocycles. The second-order valence-corrected chi connectivity index (χ2v) is 13.7. The molecule has 0 aliphatic heterocycles. The van der Waals surface area contributed by atoms with Crippen LogP contribution in [0.15, 0.2) is 179 Å². The molecule has 0 bridgehead atoms. The first-order chi connectivity index (χ1) is 25.8. The lowest BCUT2D eigenvalue weighted by Crippen LogP contribution is -1.94. The van der Waals surface area contributed by atoms with Crippen LogP contribution in [0.2, 0.25) is 0 Å². The number of aromatic nitrogens is 2. The fraction of sp³-hybridized carbons (Fsp3) is 0. The highest BCUT2D eigenvalue weighted by molar-refractivity contribution is 6.19. The van der Waals surface area contributed by atoms with Gasteiger partial charge >= 0.3 is 0 Å². The summed E-state index contributed by atoms with van der Waals surface area (Å²) in [7, 11) is 0. The third-order valence-electron chi connectivity index (χ3n) is 10.9. The van der Waals surface area contributed by atoms with Crippen molar-refractivity contribution in [1.29, 1.82) is 0 Å². The fourth-order valence-corrected chi connectivity index (χ4v) is 8.63. The molecule has 0 amide bonds. The van der Waals surface area contributed by atoms with Crippen LogP contribution in [0, 0.1) is 0 Å². The van der Waals surface area contributed by atoms with E-state index in [0.717, 1.165) is 66.3 Å². The van der Waals surface area contributed by atoms with Gasteiger partial charge in [0.25, 0.3) is 0 Å². The maximum absolute atomic E-state index is 6.56. The Bertz CT molecular complexity index is 3410. The largest absolute Gasteiger partial charge is 0.456 e. The lowest BCUT2D eigenvalue weighted by molar-refractivity contribution is 0.664. The molecule has 4 aromatic heterocycles. The van der Waals surface area contributed by atoms with E-state index in [1.165, 1.54) is 43.7 Å². The molecule has 0 spiro atoms. The van der Waals surface area contributed by atoms with E-state index in [0.29, 0.717) is 0 Å². The Balaban J connectivity index is 1.08. The summed E-state index contributed by atoms with van der Waals surface area (Å²) < 4.78 is 17.6. The van der Waals surface area contributed by atoms with E-state index in [2.05, 4.69) is 167 Å². The molecular formula is C48H28N2O2. The van der Waals surface area contributed by atoms with Crippen molar-refractivity contribution in [3.8, 4) is 22.5 Å². The Morgan fingerprint density at radius 2 is 0.846 bits per heavy atom. The number of hydrogen-bond acceptors (Lipinski definition) is 2. The Labute approximate surface area is 296 Å². The van der Waals surface area contributed by atoms with Gasteiger partial charge < -0.3 is 18.0 Å². The second kappa shape index (κ2) is 10.3. The van der Waals surface area contributed by atoms with Crippen LogP contribution in [-0.4, -0.2) is 9.13 Å². The molecular weight excluding hydrogens is 637 g/mol. The highest BCUT2D eigenvalue weighted by Gasteiger charge is 2.20. The third kappa shape index (κ3) is 3.75. The second-order valence-electron chi connectivity index (χ2n) is 13.7. The standard InChI is InChI=1S/C48H28N2O2/c1-2-11-31(12-3-1)49-39-16-7-4-13-32(39)35-25-29(21-23-41(35)49)30-22-24-42-36(26-30)33-14-5-8-17-40(33)50(42)43-18-10-20-45-48(43)38-28-46-37(27-47(38)52-45)34-15-6-9-19-44(34)51-46/h1-28H. The van der Waals surface area contributed by atoms with Crippen molar-refractivity contribution < 1.29 is 8.83 Å². The van der Waals surface area contributed by atoms with E-state index in [9.17, 15) is 0 Å². The van der Waals surface area contributed by atoms with Gasteiger partial charge in [0.2, 0.25) is 0 Å². The minimum absolute atomic E-state index is 0.855. The molecule has 242 valence electrons. The van der Waals surface area contributed by atoms with Gasteiger partial charge in [-0.3, -0.25) is 0 Å². The molecule has 4 heteroatoms. The molecule has 0 radical (unpaired) electrons. The van der Waals surface area contributed by atoms with Gasteiger partial charge in [0.05, 0.1) is 33.1 Å². The summed E-state index contributed by atoms with van der Waals surface area (Å²) in [5.41, 5.74) is 12.8. The van der Waals surface area contributed by atoms with Gasteiger partial charge in [0.15, 0.2) is 0 Å². The van der Waals surface area contributed by atoms with Crippen molar-refractivity contribution in [2.75, 3.05) is 0 Å². The van der Waals surface area contributed by atoms with Crippen LogP contribution in [0.5, 0.6) is 0 Å². The average Bonchev–Trinajstić information content (AvgIpc) is 3.94. The van der Waals surface area contributed by atoms with E-state index in [4.69, 9.17) is 8.83 Å². The van der Waals surface area contributed by atoms with Crippen molar-refractivity contribution in [3.05, 3.63) is 170 Å². The first-order valence-electron chi connectivity index (χ1n) is 17.7. The van der Waals surface area contributed by atoms with Gasteiger partial charge in [-0.2, -0.15) is 0 Å². The topological polar surface area (TPSA) is 36.1 Å². The van der Waals surface area contributed by atoms with Crippen molar-refractivity contribution in [2.45, 2.75) is 0 Å². The molecule has 0 unspecified atom stereocenters. The molecule has 8 aromatic carbocycles. The van der Waals surface area contributed by atoms with Gasteiger partial charge in [0.1, 0.15) is 22.3 Å². The molecule has 4 nitrogen and oxygen atoms in total. The molecule has 0 N–H and O–H groups in total. The van der Waals surface area contributed by atoms with Crippen LogP contribution in [0.4, 0.5) is 0 Å². The summed E-state index contributed by atoms with van der Waals surface area (Å²) in [4.78, 5) is 0. The van der Waals surface area contributed by atoms with E-state index in [1.54, 1.807) is 0 Å². The number of fused-ring (bicyclic) bond motifs is 12. The Morgan fingerprint density at radius 1 is 0.308 bits per heavy atom. The summed E-state index contributed by atoms with van der Waals surface area (Å²) in [5.74, 6) is 0. The summed E-state index contributed by atoms with van der Waals surface area (Å²) in [6.07, 6.45) is 0. The van der Waals surface area contributed by atoms with Crippen LogP contribution in [-0.2, 0) is 0 Å². The average molecular weight is 665 g/mol. The maximum atomic E-state index is 6.56. The summed E-state index contributed by atoms with van der Waals surface area (Å²) in [6, 6.07) is 60.7. The molecule has 0 fully saturated rings. The maximum Gasteiger partial charge on any atom is 0.137 e. The smallest absolute Gasteiger partial charge is 0.137 e. The zero-order chi connectivity index (χ0) is 33.9. The SMILES string of the molecule is c1ccc(-n2c3ccccc3c3cc(-c4ccc5c(c4)c4ccccc4n5-c4cccc5oc6cc7c(cc6c45)oc4ccccc47)ccc32)cc1.